The lowest BCUT2D eigenvalue weighted by atomic mass is 10.1. The number of nitrogens with one attached hydrogen (secondary N) is 3. The lowest BCUT2D eigenvalue weighted by Gasteiger charge is -2.17. The molecule has 13 nitrogen and oxygen atoms in total. The minimum atomic E-state index is -1.43. The first-order chi connectivity index (χ1) is 17.2. The summed E-state index contributed by atoms with van der Waals surface area (Å²) in [6.45, 7) is -0.761. The number of rotatable bonds is 11. The third-order valence-electron chi connectivity index (χ3n) is 5.47. The molecule has 0 saturated carbocycles. The molecule has 1 aliphatic heterocycles. The number of aliphatic imine (C=N–C) groups is 1. The highest BCUT2D eigenvalue weighted by Gasteiger charge is 2.38. The van der Waals surface area contributed by atoms with Gasteiger partial charge in [0, 0.05) is 18.7 Å². The summed E-state index contributed by atoms with van der Waals surface area (Å²) in [7, 11) is 0. The van der Waals surface area contributed by atoms with E-state index < -0.39 is 54.9 Å². The van der Waals surface area contributed by atoms with E-state index in [1.165, 1.54) is 0 Å². The van der Waals surface area contributed by atoms with Crippen LogP contribution in [0.1, 0.15) is 23.2 Å². The molecule has 1 unspecified atom stereocenters. The second kappa shape index (κ2) is 11.6. The molecule has 13 heteroatoms. The van der Waals surface area contributed by atoms with Crippen molar-refractivity contribution in [1.29, 1.82) is 0 Å². The van der Waals surface area contributed by atoms with E-state index in [1.54, 1.807) is 18.2 Å². The Bertz CT molecular complexity index is 1210. The molecule has 0 aliphatic carbocycles. The predicted molar refractivity (Wildman–Crippen MR) is 130 cm³/mol. The number of guanidine groups is 1. The van der Waals surface area contributed by atoms with Crippen molar-refractivity contribution in [2.75, 3.05) is 19.6 Å². The number of urea groups is 1. The molecule has 190 valence electrons. The highest BCUT2D eigenvalue weighted by Crippen LogP contribution is 2.16. The summed E-state index contributed by atoms with van der Waals surface area (Å²) < 4.78 is 0. The molecule has 5 amide bonds. The zero-order valence-corrected chi connectivity index (χ0v) is 19.3. The van der Waals surface area contributed by atoms with Crippen LogP contribution in [-0.2, 0) is 14.4 Å². The lowest BCUT2D eigenvalue weighted by Crippen LogP contribution is -2.50. The smallest absolute Gasteiger partial charge is 0.328 e. The van der Waals surface area contributed by atoms with Gasteiger partial charge in [-0.25, -0.2) is 9.59 Å². The first-order valence-corrected chi connectivity index (χ1v) is 11.1. The van der Waals surface area contributed by atoms with Crippen LogP contribution in [0.4, 0.5) is 4.79 Å². The van der Waals surface area contributed by atoms with E-state index in [0.717, 1.165) is 15.7 Å². The fourth-order valence-corrected chi connectivity index (χ4v) is 3.61. The number of carboxylic acid groups (broad SMARTS) is 1. The van der Waals surface area contributed by atoms with Crippen LogP contribution in [0.15, 0.2) is 47.5 Å². The molecular formula is C23H27N7O6. The lowest BCUT2D eigenvalue weighted by molar-refractivity contribution is -0.139. The Balaban J connectivity index is 1.52. The van der Waals surface area contributed by atoms with Crippen molar-refractivity contribution in [3.8, 4) is 0 Å². The van der Waals surface area contributed by atoms with Gasteiger partial charge in [0.1, 0.15) is 18.6 Å². The average Bonchev–Trinajstić information content (AvgIpc) is 3.11. The number of amides is 5. The van der Waals surface area contributed by atoms with Gasteiger partial charge in [0.05, 0.1) is 0 Å². The van der Waals surface area contributed by atoms with E-state index in [2.05, 4.69) is 20.9 Å². The van der Waals surface area contributed by atoms with Crippen molar-refractivity contribution in [2.45, 2.75) is 24.9 Å². The summed E-state index contributed by atoms with van der Waals surface area (Å²) in [5, 5.41) is 18.4. The van der Waals surface area contributed by atoms with Crippen molar-refractivity contribution < 1.29 is 29.1 Å². The number of benzene rings is 2. The monoisotopic (exact) mass is 497 g/mol. The number of nitrogens with two attached hydrogens (primary N) is 2. The zero-order chi connectivity index (χ0) is 26.2. The van der Waals surface area contributed by atoms with Crippen LogP contribution in [-0.4, -0.2) is 77.4 Å². The molecule has 1 fully saturated rings. The van der Waals surface area contributed by atoms with E-state index in [4.69, 9.17) is 11.5 Å². The molecule has 1 heterocycles. The number of carbonyl (C=O) groups is 5. The highest BCUT2D eigenvalue weighted by atomic mass is 16.4. The summed E-state index contributed by atoms with van der Waals surface area (Å²) in [5.74, 6) is -3.41. The molecule has 0 aromatic heterocycles. The van der Waals surface area contributed by atoms with Crippen molar-refractivity contribution >= 4 is 46.5 Å². The number of hydrogen-bond donors (Lipinski definition) is 6. The molecule has 2 aromatic carbocycles. The number of aliphatic carboxylic acids is 1. The molecule has 0 bridgehead atoms. The first-order valence-electron chi connectivity index (χ1n) is 11.1. The molecule has 2 aromatic rings. The average molecular weight is 498 g/mol. The second-order valence-corrected chi connectivity index (χ2v) is 8.11. The van der Waals surface area contributed by atoms with E-state index >= 15 is 0 Å². The number of hydrogen-bond acceptors (Lipinski definition) is 6. The number of nitrogens with zero attached hydrogens (tertiary/aromatic N) is 2. The summed E-state index contributed by atoms with van der Waals surface area (Å²) >= 11 is 0. The predicted octanol–water partition coefficient (Wildman–Crippen LogP) is -0.887. The molecule has 2 atom stereocenters. The largest absolute Gasteiger partial charge is 0.480 e. The van der Waals surface area contributed by atoms with E-state index in [9.17, 15) is 29.1 Å². The Morgan fingerprint density at radius 1 is 1.11 bits per heavy atom. The van der Waals surface area contributed by atoms with Gasteiger partial charge in [-0.2, -0.15) is 0 Å². The zero-order valence-electron chi connectivity index (χ0n) is 19.3. The maximum Gasteiger partial charge on any atom is 0.328 e. The second-order valence-electron chi connectivity index (χ2n) is 8.11. The fourth-order valence-electron chi connectivity index (χ4n) is 3.61. The van der Waals surface area contributed by atoms with Gasteiger partial charge in [-0.15, -0.1) is 0 Å². The van der Waals surface area contributed by atoms with Gasteiger partial charge in [0.15, 0.2) is 5.96 Å². The summed E-state index contributed by atoms with van der Waals surface area (Å²) in [6, 6.07) is 9.35. The summed E-state index contributed by atoms with van der Waals surface area (Å²) in [6.07, 6.45) is 0.715. The van der Waals surface area contributed by atoms with Crippen LogP contribution in [0.5, 0.6) is 0 Å². The van der Waals surface area contributed by atoms with Crippen molar-refractivity contribution in [1.82, 2.24) is 20.9 Å². The standard InChI is InChI=1S/C23H27N7O6/c24-22(25)26-9-3-6-16-20(33)30(23(36)29-16)12-18(31)27-11-17(21(34)35)28-19(32)15-8-7-13-4-1-2-5-14(13)10-15/h1-2,4-5,7-8,10,16-17H,3,6,9,11-12H2,(H,27,31)(H,28,32)(H,29,36)(H,34,35)(H4,24,25,26)/t16-,17?/m0/s1. The van der Waals surface area contributed by atoms with Gasteiger partial charge in [-0.1, -0.05) is 30.3 Å². The number of fused-ring (bicyclic) bond motifs is 1. The third-order valence-corrected chi connectivity index (χ3v) is 5.47. The fraction of sp³-hybridized carbons (Fsp3) is 0.304. The topological polar surface area (TPSA) is 209 Å². The molecule has 0 spiro atoms. The molecule has 1 aliphatic rings. The third kappa shape index (κ3) is 6.68. The molecule has 36 heavy (non-hydrogen) atoms. The van der Waals surface area contributed by atoms with Crippen LogP contribution in [0.25, 0.3) is 10.8 Å². The molecule has 8 N–H and O–H groups in total. The Hall–Kier alpha value is -4.68. The molecular weight excluding hydrogens is 470 g/mol. The Labute approximate surface area is 205 Å². The van der Waals surface area contributed by atoms with Crippen LogP contribution in [0, 0.1) is 0 Å². The molecule has 0 radical (unpaired) electrons. The normalized spacial score (nSPS) is 15.8. The van der Waals surface area contributed by atoms with Crippen LogP contribution >= 0.6 is 0 Å². The Kier molecular flexibility index (Phi) is 8.39. The number of carboxylic acids is 1. The highest BCUT2D eigenvalue weighted by molar-refractivity contribution is 6.06. The van der Waals surface area contributed by atoms with Gasteiger partial charge in [0.25, 0.3) is 11.8 Å². The molecule has 1 saturated heterocycles. The number of carbonyl (C=O) groups excluding carboxylic acids is 4. The quantitative estimate of drug-likeness (QED) is 0.0990. The summed E-state index contributed by atoms with van der Waals surface area (Å²) in [5.41, 5.74) is 10.7. The van der Waals surface area contributed by atoms with Gasteiger partial charge < -0.3 is 32.5 Å². The van der Waals surface area contributed by atoms with Gasteiger partial charge in [-0.3, -0.25) is 24.3 Å². The maximum atomic E-state index is 12.6. The maximum absolute atomic E-state index is 12.6. The Morgan fingerprint density at radius 3 is 2.53 bits per heavy atom. The first kappa shape index (κ1) is 25.9. The van der Waals surface area contributed by atoms with Crippen molar-refractivity contribution in [3.63, 3.8) is 0 Å². The van der Waals surface area contributed by atoms with Gasteiger partial charge in [0.2, 0.25) is 5.91 Å². The van der Waals surface area contributed by atoms with Crippen LogP contribution < -0.4 is 27.4 Å². The Morgan fingerprint density at radius 2 is 1.83 bits per heavy atom. The van der Waals surface area contributed by atoms with Crippen LogP contribution in [0.2, 0.25) is 0 Å². The van der Waals surface area contributed by atoms with E-state index in [-0.39, 0.29) is 24.5 Å². The van der Waals surface area contributed by atoms with E-state index in [1.807, 2.05) is 24.3 Å². The van der Waals surface area contributed by atoms with Crippen molar-refractivity contribution in [3.05, 3.63) is 48.0 Å². The minimum Gasteiger partial charge on any atom is -0.480 e. The van der Waals surface area contributed by atoms with Crippen LogP contribution in [0.3, 0.4) is 0 Å². The number of imide groups is 1. The van der Waals surface area contributed by atoms with Gasteiger partial charge in [-0.05, 0) is 35.7 Å². The summed E-state index contributed by atoms with van der Waals surface area (Å²) in [4.78, 5) is 65.6. The minimum absolute atomic E-state index is 0.0804. The van der Waals surface area contributed by atoms with Gasteiger partial charge >= 0.3 is 12.0 Å². The molecule has 3 rings (SSSR count). The van der Waals surface area contributed by atoms with E-state index in [0.29, 0.717) is 6.42 Å². The van der Waals surface area contributed by atoms with Crippen molar-refractivity contribution in [2.24, 2.45) is 16.5 Å². The SMILES string of the molecule is NC(N)=NCCC[C@@H]1NC(=O)N(CC(=O)NCC(NC(=O)c2ccc3ccccc3c2)C(=O)O)C1=O.